The largest absolute Gasteiger partial charge is 0.306 e. The van der Waals surface area contributed by atoms with Gasteiger partial charge in [0.1, 0.15) is 12.7 Å². The van der Waals surface area contributed by atoms with Gasteiger partial charge in [-0.15, -0.1) is 0 Å². The van der Waals surface area contributed by atoms with Crippen LogP contribution in [0.3, 0.4) is 0 Å². The van der Waals surface area contributed by atoms with Crippen LogP contribution in [-0.4, -0.2) is 21.3 Å². The highest BCUT2D eigenvalue weighted by atomic mass is 15.3. The van der Waals surface area contributed by atoms with Gasteiger partial charge in [0.15, 0.2) is 0 Å². The maximum absolute atomic E-state index is 4.10. The molecule has 1 aromatic heterocycles. The Morgan fingerprint density at radius 3 is 2.67 bits per heavy atom. The highest BCUT2D eigenvalue weighted by molar-refractivity contribution is 5.34. The van der Waals surface area contributed by atoms with Gasteiger partial charge in [0, 0.05) is 12.6 Å². The number of rotatable bonds is 5. The summed E-state index contributed by atoms with van der Waals surface area (Å²) in [5.74, 6) is 0. The molecule has 0 fully saturated rings. The highest BCUT2D eigenvalue weighted by Gasteiger charge is 2.05. The SMILES string of the molecule is C=C(C)CNC(C)c1ccc(-n2cncn2)cc1. The molecule has 1 heterocycles. The molecular weight excluding hydrogens is 224 g/mol. The molecule has 0 spiro atoms. The summed E-state index contributed by atoms with van der Waals surface area (Å²) in [4.78, 5) is 3.93. The monoisotopic (exact) mass is 242 g/mol. The Morgan fingerprint density at radius 1 is 1.39 bits per heavy atom. The van der Waals surface area contributed by atoms with Crippen molar-refractivity contribution >= 4 is 0 Å². The average Bonchev–Trinajstić information content (AvgIpc) is 2.90. The third-order valence-electron chi connectivity index (χ3n) is 2.79. The maximum Gasteiger partial charge on any atom is 0.138 e. The molecule has 4 nitrogen and oxygen atoms in total. The van der Waals surface area contributed by atoms with Gasteiger partial charge in [-0.2, -0.15) is 5.10 Å². The zero-order chi connectivity index (χ0) is 13.0. The third-order valence-corrected chi connectivity index (χ3v) is 2.79. The lowest BCUT2D eigenvalue weighted by atomic mass is 10.1. The molecule has 4 heteroatoms. The maximum atomic E-state index is 4.10. The van der Waals surface area contributed by atoms with E-state index < -0.39 is 0 Å². The molecule has 1 aromatic carbocycles. The summed E-state index contributed by atoms with van der Waals surface area (Å²) >= 11 is 0. The zero-order valence-electron chi connectivity index (χ0n) is 10.8. The van der Waals surface area contributed by atoms with E-state index >= 15 is 0 Å². The van der Waals surface area contributed by atoms with Crippen molar-refractivity contribution < 1.29 is 0 Å². The van der Waals surface area contributed by atoms with Crippen molar-refractivity contribution in [3.8, 4) is 5.69 Å². The van der Waals surface area contributed by atoms with Gasteiger partial charge in [0.2, 0.25) is 0 Å². The Morgan fingerprint density at radius 2 is 2.11 bits per heavy atom. The first-order valence-corrected chi connectivity index (χ1v) is 5.99. The van der Waals surface area contributed by atoms with E-state index in [4.69, 9.17) is 0 Å². The fraction of sp³-hybridized carbons (Fsp3) is 0.286. The van der Waals surface area contributed by atoms with Gasteiger partial charge < -0.3 is 5.32 Å². The van der Waals surface area contributed by atoms with E-state index in [2.05, 4.69) is 41.0 Å². The summed E-state index contributed by atoms with van der Waals surface area (Å²) in [6, 6.07) is 8.61. The summed E-state index contributed by atoms with van der Waals surface area (Å²) in [6.07, 6.45) is 3.22. The van der Waals surface area contributed by atoms with Crippen LogP contribution in [0.15, 0.2) is 49.1 Å². The number of hydrogen-bond donors (Lipinski definition) is 1. The quantitative estimate of drug-likeness (QED) is 0.819. The molecule has 0 radical (unpaired) electrons. The van der Waals surface area contributed by atoms with Crippen molar-refractivity contribution in [1.82, 2.24) is 20.1 Å². The lowest BCUT2D eigenvalue weighted by Crippen LogP contribution is -2.20. The molecule has 0 saturated carbocycles. The molecule has 18 heavy (non-hydrogen) atoms. The number of aromatic nitrogens is 3. The minimum absolute atomic E-state index is 0.312. The fourth-order valence-corrected chi connectivity index (χ4v) is 1.70. The zero-order valence-corrected chi connectivity index (χ0v) is 10.8. The molecule has 1 atom stereocenters. The first kappa shape index (κ1) is 12.5. The normalized spacial score (nSPS) is 12.3. The van der Waals surface area contributed by atoms with E-state index in [-0.39, 0.29) is 0 Å². The predicted molar refractivity (Wildman–Crippen MR) is 72.6 cm³/mol. The van der Waals surface area contributed by atoms with E-state index in [0.29, 0.717) is 6.04 Å². The lowest BCUT2D eigenvalue weighted by Gasteiger charge is -2.14. The van der Waals surface area contributed by atoms with Crippen molar-refractivity contribution in [1.29, 1.82) is 0 Å². The standard InChI is InChI=1S/C14H18N4/c1-11(2)8-16-12(3)13-4-6-14(7-5-13)18-10-15-9-17-18/h4-7,9-10,12,16H,1,8H2,2-3H3. The van der Waals surface area contributed by atoms with Crippen LogP contribution in [0.25, 0.3) is 5.69 Å². The van der Waals surface area contributed by atoms with Crippen molar-refractivity contribution in [3.05, 3.63) is 54.6 Å². The van der Waals surface area contributed by atoms with Crippen LogP contribution in [-0.2, 0) is 0 Å². The minimum atomic E-state index is 0.312. The minimum Gasteiger partial charge on any atom is -0.306 e. The smallest absolute Gasteiger partial charge is 0.138 e. The molecule has 94 valence electrons. The van der Waals surface area contributed by atoms with Crippen LogP contribution in [0.1, 0.15) is 25.5 Å². The predicted octanol–water partition coefficient (Wildman–Crippen LogP) is 2.49. The summed E-state index contributed by atoms with van der Waals surface area (Å²) < 4.78 is 1.75. The molecule has 2 rings (SSSR count). The van der Waals surface area contributed by atoms with E-state index in [1.54, 1.807) is 11.0 Å². The Bertz CT molecular complexity index is 499. The number of nitrogens with zero attached hydrogens (tertiary/aromatic N) is 3. The summed E-state index contributed by atoms with van der Waals surface area (Å²) in [5, 5.41) is 7.52. The van der Waals surface area contributed by atoms with Gasteiger partial charge in [-0.25, -0.2) is 9.67 Å². The van der Waals surface area contributed by atoms with Gasteiger partial charge in [-0.1, -0.05) is 24.3 Å². The van der Waals surface area contributed by atoms with Crippen LogP contribution in [0.2, 0.25) is 0 Å². The van der Waals surface area contributed by atoms with E-state index in [1.165, 1.54) is 11.9 Å². The van der Waals surface area contributed by atoms with Crippen LogP contribution in [0.4, 0.5) is 0 Å². The second-order valence-electron chi connectivity index (χ2n) is 4.49. The molecule has 0 aliphatic rings. The molecule has 0 aliphatic carbocycles. The van der Waals surface area contributed by atoms with Crippen LogP contribution >= 0.6 is 0 Å². The molecular formula is C14H18N4. The molecule has 0 amide bonds. The van der Waals surface area contributed by atoms with Gasteiger partial charge in [0.05, 0.1) is 5.69 Å². The van der Waals surface area contributed by atoms with Gasteiger partial charge in [0.25, 0.3) is 0 Å². The second kappa shape index (κ2) is 5.60. The van der Waals surface area contributed by atoms with Crippen LogP contribution in [0, 0.1) is 0 Å². The van der Waals surface area contributed by atoms with E-state index in [1.807, 2.05) is 19.1 Å². The number of benzene rings is 1. The first-order chi connectivity index (χ1) is 8.66. The van der Waals surface area contributed by atoms with Crippen LogP contribution < -0.4 is 5.32 Å². The Hall–Kier alpha value is -1.94. The van der Waals surface area contributed by atoms with Crippen molar-refractivity contribution in [2.75, 3.05) is 6.54 Å². The lowest BCUT2D eigenvalue weighted by molar-refractivity contribution is 0.607. The van der Waals surface area contributed by atoms with Crippen molar-refractivity contribution in [2.45, 2.75) is 19.9 Å². The third kappa shape index (κ3) is 3.05. The summed E-state index contributed by atoms with van der Waals surface area (Å²) in [5.41, 5.74) is 3.41. The Balaban J connectivity index is 2.05. The fourth-order valence-electron chi connectivity index (χ4n) is 1.70. The van der Waals surface area contributed by atoms with Crippen LogP contribution in [0.5, 0.6) is 0 Å². The van der Waals surface area contributed by atoms with Crippen molar-refractivity contribution in [3.63, 3.8) is 0 Å². The van der Waals surface area contributed by atoms with E-state index in [0.717, 1.165) is 17.8 Å². The second-order valence-corrected chi connectivity index (χ2v) is 4.49. The van der Waals surface area contributed by atoms with Gasteiger partial charge in [-0.05, 0) is 31.5 Å². The molecule has 1 unspecified atom stereocenters. The summed E-state index contributed by atoms with van der Waals surface area (Å²) in [6.45, 7) is 8.89. The highest BCUT2D eigenvalue weighted by Crippen LogP contribution is 2.15. The van der Waals surface area contributed by atoms with Gasteiger partial charge >= 0.3 is 0 Å². The molecule has 0 bridgehead atoms. The molecule has 0 saturated heterocycles. The molecule has 0 aliphatic heterocycles. The Labute approximate surface area is 107 Å². The summed E-state index contributed by atoms with van der Waals surface area (Å²) in [7, 11) is 0. The average molecular weight is 242 g/mol. The van der Waals surface area contributed by atoms with E-state index in [9.17, 15) is 0 Å². The van der Waals surface area contributed by atoms with Gasteiger partial charge in [-0.3, -0.25) is 0 Å². The topological polar surface area (TPSA) is 42.7 Å². The molecule has 1 N–H and O–H groups in total. The number of nitrogens with one attached hydrogen (secondary N) is 1. The number of hydrogen-bond acceptors (Lipinski definition) is 3. The Kier molecular flexibility index (Phi) is 3.89. The van der Waals surface area contributed by atoms with Crippen molar-refractivity contribution in [2.24, 2.45) is 0 Å². The molecule has 2 aromatic rings. The first-order valence-electron chi connectivity index (χ1n) is 5.99.